The molecule has 5 N–H and O–H groups in total. The van der Waals surface area contributed by atoms with Crippen LogP contribution in [-0.4, -0.2) is 56.6 Å². The third-order valence-electron chi connectivity index (χ3n) is 6.36. The van der Waals surface area contributed by atoms with E-state index in [2.05, 4.69) is 10.3 Å². The molecule has 0 radical (unpaired) electrons. The fourth-order valence-electron chi connectivity index (χ4n) is 4.44. The molecule has 3 aromatic rings. The summed E-state index contributed by atoms with van der Waals surface area (Å²) in [6.07, 6.45) is 0.732. The maximum Gasteiger partial charge on any atom is 0.255 e. The molecule has 186 valence electrons. The van der Waals surface area contributed by atoms with Crippen LogP contribution in [0.4, 0.5) is 0 Å². The number of aromatic nitrogens is 1. The lowest BCUT2D eigenvalue weighted by atomic mass is 10.00. The van der Waals surface area contributed by atoms with Gasteiger partial charge in [-0.15, -0.1) is 0 Å². The topological polar surface area (TPSA) is 146 Å². The molecule has 2 heterocycles. The van der Waals surface area contributed by atoms with Crippen molar-refractivity contribution in [1.29, 1.82) is 0 Å². The Morgan fingerprint density at radius 1 is 1.03 bits per heavy atom. The fourth-order valence-corrected chi connectivity index (χ4v) is 4.44. The quantitative estimate of drug-likeness (QED) is 0.378. The van der Waals surface area contributed by atoms with Gasteiger partial charge in [-0.2, -0.15) is 0 Å². The van der Waals surface area contributed by atoms with E-state index in [1.54, 1.807) is 36.5 Å². The highest BCUT2D eigenvalue weighted by atomic mass is 16.3. The minimum absolute atomic E-state index is 0.0759. The normalized spacial score (nSPS) is 16.8. The number of nitrogens with two attached hydrogens (primary N) is 1. The van der Waals surface area contributed by atoms with Crippen molar-refractivity contribution < 1.29 is 24.6 Å². The number of amides is 3. The van der Waals surface area contributed by atoms with Gasteiger partial charge in [-0.1, -0.05) is 54.6 Å². The number of carbonyl (C=O) groups is 3. The predicted molar refractivity (Wildman–Crippen MR) is 132 cm³/mol. The first-order chi connectivity index (χ1) is 17.4. The lowest BCUT2D eigenvalue weighted by Gasteiger charge is -2.28. The van der Waals surface area contributed by atoms with Crippen LogP contribution >= 0.6 is 0 Å². The highest BCUT2D eigenvalue weighted by molar-refractivity contribution is 5.99. The summed E-state index contributed by atoms with van der Waals surface area (Å²) in [5, 5.41) is 23.4. The average Bonchev–Trinajstić information content (AvgIpc) is 3.41. The van der Waals surface area contributed by atoms with Gasteiger partial charge in [0.1, 0.15) is 0 Å². The second-order valence-corrected chi connectivity index (χ2v) is 8.69. The van der Waals surface area contributed by atoms with Crippen LogP contribution in [-0.2, 0) is 16.1 Å². The van der Waals surface area contributed by atoms with E-state index in [0.29, 0.717) is 17.7 Å². The van der Waals surface area contributed by atoms with Gasteiger partial charge in [-0.25, -0.2) is 0 Å². The zero-order valence-corrected chi connectivity index (χ0v) is 19.6. The Kier molecular flexibility index (Phi) is 7.72. The standard InChI is InChI=1S/C27H28N4O5/c28-25(34)21-16-29-13-12-20(21)18-10-8-17(9-11-18)15-30-26(35)23(32)24(33)27(36)31-14-4-7-22(31)19-5-2-1-3-6-19/h1-3,5-6,8-13,16,22-24,32-33H,4,7,14-15H2,(H2,28,34)(H,30,35)/t22?,23-,24-/m1/s1. The predicted octanol–water partition coefficient (Wildman–Crippen LogP) is 1.55. The molecule has 1 aromatic heterocycles. The van der Waals surface area contributed by atoms with Crippen molar-refractivity contribution in [3.05, 3.63) is 89.7 Å². The molecule has 0 saturated carbocycles. The van der Waals surface area contributed by atoms with Crippen molar-refractivity contribution in [2.45, 2.75) is 37.6 Å². The molecule has 1 fully saturated rings. The van der Waals surface area contributed by atoms with Gasteiger partial charge in [0.05, 0.1) is 11.6 Å². The molecule has 9 nitrogen and oxygen atoms in total. The van der Waals surface area contributed by atoms with Crippen molar-refractivity contribution in [2.75, 3.05) is 6.54 Å². The second kappa shape index (κ2) is 11.1. The maximum atomic E-state index is 12.9. The first kappa shape index (κ1) is 25.0. The van der Waals surface area contributed by atoms with Crippen LogP contribution in [0.2, 0.25) is 0 Å². The second-order valence-electron chi connectivity index (χ2n) is 8.69. The first-order valence-electron chi connectivity index (χ1n) is 11.7. The van der Waals surface area contributed by atoms with Crippen LogP contribution in [0.3, 0.4) is 0 Å². The summed E-state index contributed by atoms with van der Waals surface area (Å²) in [6.45, 7) is 0.525. The molecule has 0 aliphatic carbocycles. The van der Waals surface area contributed by atoms with E-state index in [0.717, 1.165) is 29.5 Å². The summed E-state index contributed by atoms with van der Waals surface area (Å²) < 4.78 is 0. The zero-order valence-electron chi connectivity index (χ0n) is 19.6. The molecule has 2 aromatic carbocycles. The summed E-state index contributed by atoms with van der Waals surface area (Å²) in [5.74, 6) is -2.10. The van der Waals surface area contributed by atoms with Crippen molar-refractivity contribution in [3.63, 3.8) is 0 Å². The van der Waals surface area contributed by atoms with Crippen LogP contribution in [0.25, 0.3) is 11.1 Å². The molecule has 9 heteroatoms. The van der Waals surface area contributed by atoms with E-state index < -0.39 is 29.9 Å². The van der Waals surface area contributed by atoms with Gasteiger partial charge in [0.2, 0.25) is 0 Å². The Morgan fingerprint density at radius 2 is 1.75 bits per heavy atom. The van der Waals surface area contributed by atoms with Crippen LogP contribution in [0.15, 0.2) is 73.1 Å². The van der Waals surface area contributed by atoms with Gasteiger partial charge >= 0.3 is 0 Å². The summed E-state index contributed by atoms with van der Waals surface area (Å²) >= 11 is 0. The Bertz CT molecular complexity index is 1230. The van der Waals surface area contributed by atoms with Crippen molar-refractivity contribution >= 4 is 17.7 Å². The van der Waals surface area contributed by atoms with Crippen LogP contribution in [0, 0.1) is 0 Å². The third-order valence-corrected chi connectivity index (χ3v) is 6.36. The van der Waals surface area contributed by atoms with Crippen molar-refractivity contribution in [3.8, 4) is 11.1 Å². The Labute approximate surface area is 208 Å². The highest BCUT2D eigenvalue weighted by Crippen LogP contribution is 2.32. The van der Waals surface area contributed by atoms with Gasteiger partial charge in [0.25, 0.3) is 17.7 Å². The van der Waals surface area contributed by atoms with Crippen molar-refractivity contribution in [2.24, 2.45) is 5.73 Å². The summed E-state index contributed by atoms with van der Waals surface area (Å²) in [4.78, 5) is 42.5. The summed E-state index contributed by atoms with van der Waals surface area (Å²) in [7, 11) is 0. The highest BCUT2D eigenvalue weighted by Gasteiger charge is 2.38. The molecule has 3 amide bonds. The minimum Gasteiger partial charge on any atom is -0.380 e. The van der Waals surface area contributed by atoms with E-state index in [1.807, 2.05) is 30.3 Å². The average molecular weight is 489 g/mol. The number of nitrogens with zero attached hydrogens (tertiary/aromatic N) is 2. The van der Waals surface area contributed by atoms with Crippen LogP contribution < -0.4 is 11.1 Å². The van der Waals surface area contributed by atoms with Gasteiger partial charge in [0.15, 0.2) is 12.2 Å². The molecule has 0 bridgehead atoms. The molecule has 1 aliphatic rings. The largest absolute Gasteiger partial charge is 0.380 e. The number of rotatable bonds is 8. The molecule has 36 heavy (non-hydrogen) atoms. The molecule has 1 saturated heterocycles. The molecular weight excluding hydrogens is 460 g/mol. The first-order valence-corrected chi connectivity index (χ1v) is 11.7. The fraction of sp³-hybridized carbons (Fsp3) is 0.259. The molecule has 0 spiro atoms. The van der Waals surface area contributed by atoms with Crippen LogP contribution in [0.1, 0.15) is 40.4 Å². The van der Waals surface area contributed by atoms with Gasteiger partial charge in [0, 0.05) is 25.5 Å². The number of benzene rings is 2. The van der Waals surface area contributed by atoms with Gasteiger partial charge in [-0.3, -0.25) is 19.4 Å². The number of nitrogens with one attached hydrogen (secondary N) is 1. The van der Waals surface area contributed by atoms with Crippen molar-refractivity contribution in [1.82, 2.24) is 15.2 Å². The molecular formula is C27H28N4O5. The van der Waals surface area contributed by atoms with E-state index in [-0.39, 0.29) is 12.6 Å². The SMILES string of the molecule is NC(=O)c1cnccc1-c1ccc(CNC(=O)[C@H](O)[C@@H](O)C(=O)N2CCCC2c2ccccc2)cc1. The number of aliphatic hydroxyl groups is 2. The molecule has 1 unspecified atom stereocenters. The monoisotopic (exact) mass is 488 g/mol. The number of primary amides is 1. The summed E-state index contributed by atoms with van der Waals surface area (Å²) in [6, 6.07) is 18.0. The number of carbonyl (C=O) groups excluding carboxylic acids is 3. The summed E-state index contributed by atoms with van der Waals surface area (Å²) in [5.41, 5.74) is 8.78. The van der Waals surface area contributed by atoms with E-state index >= 15 is 0 Å². The number of hydrogen-bond acceptors (Lipinski definition) is 6. The smallest absolute Gasteiger partial charge is 0.255 e. The van der Waals surface area contributed by atoms with Gasteiger partial charge in [-0.05, 0) is 41.2 Å². The van der Waals surface area contributed by atoms with E-state index in [9.17, 15) is 24.6 Å². The number of aliphatic hydroxyl groups excluding tert-OH is 2. The Hall–Kier alpha value is -4.08. The minimum atomic E-state index is -1.90. The zero-order chi connectivity index (χ0) is 25.7. The maximum absolute atomic E-state index is 12.9. The molecule has 4 rings (SSSR count). The lowest BCUT2D eigenvalue weighted by Crippen LogP contribution is -2.50. The van der Waals surface area contributed by atoms with E-state index in [1.165, 1.54) is 11.1 Å². The lowest BCUT2D eigenvalue weighted by molar-refractivity contribution is -0.153. The van der Waals surface area contributed by atoms with Crippen LogP contribution in [0.5, 0.6) is 0 Å². The Balaban J connectivity index is 1.35. The number of pyridine rings is 1. The Morgan fingerprint density at radius 3 is 2.44 bits per heavy atom. The molecule has 3 atom stereocenters. The number of hydrogen-bond donors (Lipinski definition) is 4. The van der Waals surface area contributed by atoms with Gasteiger partial charge < -0.3 is 26.2 Å². The number of likely N-dealkylation sites (tertiary alicyclic amines) is 1. The third kappa shape index (κ3) is 5.42. The van der Waals surface area contributed by atoms with E-state index in [4.69, 9.17) is 5.73 Å². The molecule has 1 aliphatic heterocycles.